The van der Waals surface area contributed by atoms with Gasteiger partial charge >= 0.3 is 17.9 Å². The Kier molecular flexibility index (Phi) is 24.5. The molecular formula is C33H55N3O6. The van der Waals surface area contributed by atoms with Gasteiger partial charge in [-0.3, -0.25) is 0 Å². The van der Waals surface area contributed by atoms with Crippen LogP contribution in [0.3, 0.4) is 0 Å². The zero-order valence-corrected chi connectivity index (χ0v) is 25.8. The molecular weight excluding hydrogens is 534 g/mol. The molecule has 0 aliphatic carbocycles. The van der Waals surface area contributed by atoms with E-state index >= 15 is 0 Å². The predicted molar refractivity (Wildman–Crippen MR) is 173 cm³/mol. The number of carboxylic acids is 3. The summed E-state index contributed by atoms with van der Waals surface area (Å²) in [5.41, 5.74) is 12.5. The summed E-state index contributed by atoms with van der Waals surface area (Å²) < 4.78 is 0. The Balaban J connectivity index is 0. The van der Waals surface area contributed by atoms with Gasteiger partial charge in [0.25, 0.3) is 0 Å². The van der Waals surface area contributed by atoms with Crippen molar-refractivity contribution in [2.45, 2.75) is 90.9 Å². The molecule has 0 bridgehead atoms. The molecule has 1 aromatic carbocycles. The van der Waals surface area contributed by atoms with Crippen LogP contribution in [0.5, 0.6) is 0 Å². The Morgan fingerprint density at radius 3 is 1.62 bits per heavy atom. The highest BCUT2D eigenvalue weighted by atomic mass is 16.4. The minimum absolute atomic E-state index is 0.268. The van der Waals surface area contributed by atoms with Gasteiger partial charge in [-0.1, -0.05) is 77.5 Å². The van der Waals surface area contributed by atoms with E-state index < -0.39 is 17.9 Å². The van der Waals surface area contributed by atoms with Gasteiger partial charge in [0.15, 0.2) is 0 Å². The quantitative estimate of drug-likeness (QED) is 0.0679. The average molecular weight is 590 g/mol. The van der Waals surface area contributed by atoms with Gasteiger partial charge in [-0.2, -0.15) is 0 Å². The molecule has 42 heavy (non-hydrogen) atoms. The van der Waals surface area contributed by atoms with E-state index in [1.807, 2.05) is 30.3 Å². The van der Waals surface area contributed by atoms with E-state index in [2.05, 4.69) is 38.9 Å². The number of aliphatic carboxylic acids is 3. The maximum Gasteiger partial charge on any atom is 0.331 e. The maximum absolute atomic E-state index is 11.2. The molecule has 238 valence electrons. The van der Waals surface area contributed by atoms with Crippen molar-refractivity contribution in [3.8, 4) is 0 Å². The van der Waals surface area contributed by atoms with Crippen LogP contribution in [-0.4, -0.2) is 52.9 Å². The van der Waals surface area contributed by atoms with Gasteiger partial charge in [-0.05, 0) is 76.6 Å². The van der Waals surface area contributed by atoms with E-state index in [1.165, 1.54) is 0 Å². The molecule has 9 heteroatoms. The molecule has 0 saturated carbocycles. The number of para-hydroxylation sites is 1. The lowest BCUT2D eigenvalue weighted by molar-refractivity contribution is -0.134. The minimum atomic E-state index is -0.908. The summed E-state index contributed by atoms with van der Waals surface area (Å²) in [6.45, 7) is 16.8. The number of anilines is 1. The average Bonchev–Trinajstić information content (AvgIpc) is 2.97. The third-order valence-electron chi connectivity index (χ3n) is 6.83. The molecule has 0 aliphatic rings. The van der Waals surface area contributed by atoms with Gasteiger partial charge in [0, 0.05) is 34.4 Å². The van der Waals surface area contributed by atoms with E-state index in [9.17, 15) is 19.5 Å². The van der Waals surface area contributed by atoms with E-state index in [1.54, 1.807) is 0 Å². The van der Waals surface area contributed by atoms with Crippen LogP contribution in [0, 0.1) is 5.41 Å². The highest BCUT2D eigenvalue weighted by Gasteiger charge is 2.34. The second-order valence-corrected chi connectivity index (χ2v) is 10.3. The topological polar surface area (TPSA) is 176 Å². The Hall–Kier alpha value is -3.43. The van der Waals surface area contributed by atoms with Crippen LogP contribution < -0.4 is 16.8 Å². The molecule has 0 amide bonds. The largest absolute Gasteiger partial charge is 0.478 e. The van der Waals surface area contributed by atoms with Crippen LogP contribution in [0.1, 0.15) is 90.9 Å². The van der Waals surface area contributed by atoms with Crippen LogP contribution in [0.4, 0.5) is 5.69 Å². The van der Waals surface area contributed by atoms with Crippen LogP contribution in [-0.2, 0) is 14.4 Å². The Bertz CT molecular complexity index is 938. The van der Waals surface area contributed by atoms with Crippen molar-refractivity contribution in [1.82, 2.24) is 0 Å². The van der Waals surface area contributed by atoms with Crippen LogP contribution in [0.25, 0.3) is 0 Å². The molecule has 9 nitrogen and oxygen atoms in total. The van der Waals surface area contributed by atoms with Crippen molar-refractivity contribution >= 4 is 23.6 Å². The molecule has 0 heterocycles. The van der Waals surface area contributed by atoms with Crippen LogP contribution in [0.2, 0.25) is 0 Å². The summed E-state index contributed by atoms with van der Waals surface area (Å²) >= 11 is 0. The van der Waals surface area contributed by atoms with E-state index in [4.69, 9.17) is 21.7 Å². The molecule has 0 fully saturated rings. The summed E-state index contributed by atoms with van der Waals surface area (Å²) in [5, 5.41) is 29.3. The van der Waals surface area contributed by atoms with E-state index in [0.29, 0.717) is 31.5 Å². The molecule has 0 radical (unpaired) electrons. The molecule has 0 aliphatic heterocycles. The first-order chi connectivity index (χ1) is 19.9. The lowest BCUT2D eigenvalue weighted by Gasteiger charge is -2.34. The lowest BCUT2D eigenvalue weighted by Crippen LogP contribution is -2.30. The third-order valence-corrected chi connectivity index (χ3v) is 6.83. The first-order valence-electron chi connectivity index (χ1n) is 14.9. The highest BCUT2D eigenvalue weighted by molar-refractivity contribution is 5.87. The summed E-state index contributed by atoms with van der Waals surface area (Å²) in [4.78, 5) is 31.8. The molecule has 1 aromatic rings. The zero-order chi connectivity index (χ0) is 32.4. The fourth-order valence-corrected chi connectivity index (χ4v) is 4.15. The smallest absolute Gasteiger partial charge is 0.331 e. The predicted octanol–water partition coefficient (Wildman–Crippen LogP) is 6.62. The number of unbranched alkanes of at least 4 members (excludes halogenated alkanes) is 3. The normalized spacial score (nSPS) is 10.3. The zero-order valence-electron chi connectivity index (χ0n) is 25.8. The SMILES string of the molecule is C=C(C(=O)O)C(CCN)(CCCC)CCCC.C=C(CCCCN)C(=O)O.C=C(CCCNc1ccccc1)C(=O)O. The van der Waals surface area contributed by atoms with E-state index in [-0.39, 0.29) is 16.6 Å². The second kappa shape index (κ2) is 25.3. The fourth-order valence-electron chi connectivity index (χ4n) is 4.15. The number of carbonyl (C=O) groups is 3. The Morgan fingerprint density at radius 1 is 0.714 bits per heavy atom. The minimum Gasteiger partial charge on any atom is -0.478 e. The summed E-state index contributed by atoms with van der Waals surface area (Å²) in [7, 11) is 0. The van der Waals surface area contributed by atoms with Gasteiger partial charge in [-0.25, -0.2) is 14.4 Å². The number of nitrogens with two attached hydrogens (primary N) is 2. The first-order valence-corrected chi connectivity index (χ1v) is 14.9. The number of hydrogen-bond donors (Lipinski definition) is 6. The fraction of sp³-hybridized carbons (Fsp3) is 0.545. The van der Waals surface area contributed by atoms with E-state index in [0.717, 1.165) is 76.4 Å². The number of carboxylic acid groups (broad SMARTS) is 3. The Morgan fingerprint density at radius 2 is 1.21 bits per heavy atom. The Labute approximate surface area is 252 Å². The monoisotopic (exact) mass is 589 g/mol. The summed E-state index contributed by atoms with van der Waals surface area (Å²) in [6.07, 6.45) is 10.3. The maximum atomic E-state index is 11.2. The molecule has 0 atom stereocenters. The van der Waals surface area contributed by atoms with Crippen molar-refractivity contribution in [3.63, 3.8) is 0 Å². The lowest BCUT2D eigenvalue weighted by atomic mass is 9.70. The molecule has 0 aromatic heterocycles. The second-order valence-electron chi connectivity index (χ2n) is 10.3. The number of hydrogen-bond acceptors (Lipinski definition) is 6. The van der Waals surface area contributed by atoms with Crippen molar-refractivity contribution in [1.29, 1.82) is 0 Å². The van der Waals surface area contributed by atoms with Gasteiger partial charge < -0.3 is 32.1 Å². The van der Waals surface area contributed by atoms with Gasteiger partial charge in [0.1, 0.15) is 0 Å². The molecule has 1 rings (SSSR count). The van der Waals surface area contributed by atoms with Crippen molar-refractivity contribution < 1.29 is 29.7 Å². The van der Waals surface area contributed by atoms with Gasteiger partial charge in [0.05, 0.1) is 0 Å². The van der Waals surface area contributed by atoms with Gasteiger partial charge in [0.2, 0.25) is 0 Å². The molecule has 0 unspecified atom stereocenters. The van der Waals surface area contributed by atoms with Crippen molar-refractivity contribution in [2.24, 2.45) is 16.9 Å². The van der Waals surface area contributed by atoms with Crippen LogP contribution in [0.15, 0.2) is 66.8 Å². The summed E-state index contributed by atoms with van der Waals surface area (Å²) in [6, 6.07) is 9.83. The van der Waals surface area contributed by atoms with Gasteiger partial charge in [-0.15, -0.1) is 0 Å². The van der Waals surface area contributed by atoms with Crippen molar-refractivity contribution in [2.75, 3.05) is 25.0 Å². The molecule has 0 spiro atoms. The first kappa shape index (κ1) is 40.7. The molecule has 0 saturated heterocycles. The molecule has 8 N–H and O–H groups in total. The van der Waals surface area contributed by atoms with Crippen LogP contribution >= 0.6 is 0 Å². The number of rotatable bonds is 21. The highest BCUT2D eigenvalue weighted by Crippen LogP contribution is 2.41. The standard InChI is InChI=1S/C14H27NO2.C12H15NO2.C7H13NO2/c1-4-6-8-14(10-11-15,9-7-5-2)12(3)13(16)17;1-10(12(14)15)6-5-9-13-11-7-3-2-4-8-11;1-6(7(9)10)4-2-3-5-8/h3-11,15H2,1-2H3,(H,16,17);2-4,7-8,13H,1,5-6,9H2,(H,14,15);1-5,8H2,(H,9,10). The number of nitrogens with one attached hydrogen (secondary N) is 1. The third kappa shape index (κ3) is 19.6. The summed E-state index contributed by atoms with van der Waals surface area (Å²) in [5.74, 6) is -2.68. The van der Waals surface area contributed by atoms with Crippen molar-refractivity contribution in [3.05, 3.63) is 66.8 Å². The number of benzene rings is 1.